The van der Waals surface area contributed by atoms with Crippen molar-refractivity contribution in [1.82, 2.24) is 24.6 Å². The maximum absolute atomic E-state index is 12.6. The van der Waals surface area contributed by atoms with Crippen molar-refractivity contribution >= 4 is 67.9 Å². The number of aryl methyl sites for hydroxylation is 1. The molecule has 178 valence electrons. The second-order valence-corrected chi connectivity index (χ2v) is 9.56. The highest BCUT2D eigenvalue weighted by Crippen LogP contribution is 2.33. The average Bonchev–Trinajstić information content (AvgIpc) is 3.52. The molecule has 1 saturated heterocycles. The summed E-state index contributed by atoms with van der Waals surface area (Å²) in [5.41, 5.74) is 1.40. The van der Waals surface area contributed by atoms with E-state index in [-0.39, 0.29) is 34.2 Å². The van der Waals surface area contributed by atoms with Gasteiger partial charge < -0.3 is 26.0 Å². The van der Waals surface area contributed by atoms with Crippen LogP contribution in [-0.4, -0.2) is 61.6 Å². The molecule has 0 radical (unpaired) electrons. The van der Waals surface area contributed by atoms with Crippen LogP contribution in [0, 0.1) is 12.3 Å². The summed E-state index contributed by atoms with van der Waals surface area (Å²) in [6.45, 7) is 3.38. The summed E-state index contributed by atoms with van der Waals surface area (Å²) in [6.07, 6.45) is 4.38. The summed E-state index contributed by atoms with van der Waals surface area (Å²) in [6, 6.07) is 1.74. The number of hydrogen-bond acceptors (Lipinski definition) is 10. The van der Waals surface area contributed by atoms with Crippen LogP contribution < -0.4 is 16.0 Å². The number of hydrogen-bond donors (Lipinski definition) is 5. The Labute approximate surface area is 207 Å². The van der Waals surface area contributed by atoms with Crippen LogP contribution in [0.5, 0.6) is 5.88 Å². The Hall–Kier alpha value is -3.29. The number of amides is 2. The zero-order valence-corrected chi connectivity index (χ0v) is 20.4. The number of nitrogens with one attached hydrogen (secondary N) is 4. The number of carbonyl (C=O) groups is 2. The zero-order valence-electron chi connectivity index (χ0n) is 18.0. The van der Waals surface area contributed by atoms with E-state index < -0.39 is 0 Å². The predicted molar refractivity (Wildman–Crippen MR) is 132 cm³/mol. The molecular weight excluding hydrogens is 500 g/mol. The Morgan fingerprint density at radius 3 is 2.94 bits per heavy atom. The van der Waals surface area contributed by atoms with Crippen molar-refractivity contribution in [3.8, 4) is 5.88 Å². The minimum Gasteiger partial charge on any atom is -0.492 e. The number of pyridine rings is 1. The Bertz CT molecular complexity index is 1220. The molecule has 0 spiro atoms. The van der Waals surface area contributed by atoms with Crippen molar-refractivity contribution in [3.05, 3.63) is 39.6 Å². The lowest BCUT2D eigenvalue weighted by Crippen LogP contribution is -2.35. The number of aromatic hydroxyl groups is 1. The number of carbonyl (C=O) groups excluding carboxylic acids is 2. The van der Waals surface area contributed by atoms with Crippen LogP contribution in [0.4, 0.5) is 15.8 Å². The van der Waals surface area contributed by atoms with E-state index in [1.54, 1.807) is 17.2 Å². The smallest absolute Gasteiger partial charge is 0.267 e. The molecule has 0 unspecified atom stereocenters. The van der Waals surface area contributed by atoms with E-state index in [2.05, 4.69) is 30.3 Å². The summed E-state index contributed by atoms with van der Waals surface area (Å²) < 4.78 is 3.91. The van der Waals surface area contributed by atoms with Crippen LogP contribution in [0.25, 0.3) is 0 Å². The van der Waals surface area contributed by atoms with Gasteiger partial charge in [0.25, 0.3) is 5.91 Å². The van der Waals surface area contributed by atoms with E-state index >= 15 is 0 Å². The molecule has 0 bridgehead atoms. The van der Waals surface area contributed by atoms with Gasteiger partial charge in [0, 0.05) is 32.3 Å². The third-order valence-electron chi connectivity index (χ3n) is 5.08. The minimum atomic E-state index is -0.387. The van der Waals surface area contributed by atoms with E-state index in [9.17, 15) is 14.7 Å². The largest absolute Gasteiger partial charge is 0.492 e. The summed E-state index contributed by atoms with van der Waals surface area (Å²) in [5.74, 6) is -0.600. The SMILES string of the molecule is Cc1ccnc(Cl)c1NC(=O)c1cnc(Nc2snc(O)c2C(=N)NCCN2CCCC2=O)s1. The van der Waals surface area contributed by atoms with Gasteiger partial charge in [0.15, 0.2) is 10.3 Å². The predicted octanol–water partition coefficient (Wildman–Crippen LogP) is 3.20. The number of rotatable bonds is 8. The van der Waals surface area contributed by atoms with E-state index in [1.807, 2.05) is 6.92 Å². The van der Waals surface area contributed by atoms with Gasteiger partial charge in [-0.15, -0.1) is 0 Å². The third kappa shape index (κ3) is 5.26. The van der Waals surface area contributed by atoms with Crippen LogP contribution in [0.3, 0.4) is 0 Å². The fourth-order valence-electron chi connectivity index (χ4n) is 3.32. The summed E-state index contributed by atoms with van der Waals surface area (Å²) in [5, 5.41) is 28.1. The van der Waals surface area contributed by atoms with E-state index in [0.717, 1.165) is 41.4 Å². The molecule has 1 aliphatic rings. The van der Waals surface area contributed by atoms with Crippen LogP contribution >= 0.6 is 34.5 Å². The molecule has 1 fully saturated rings. The van der Waals surface area contributed by atoms with Crippen molar-refractivity contribution in [2.45, 2.75) is 19.8 Å². The minimum absolute atomic E-state index is 0.0309. The molecule has 0 saturated carbocycles. The van der Waals surface area contributed by atoms with E-state index in [1.165, 1.54) is 6.20 Å². The van der Waals surface area contributed by atoms with Crippen molar-refractivity contribution in [2.75, 3.05) is 30.3 Å². The molecule has 3 aromatic rings. The first-order valence-electron chi connectivity index (χ1n) is 10.3. The number of nitrogens with zero attached hydrogens (tertiary/aromatic N) is 4. The molecule has 0 aliphatic carbocycles. The van der Waals surface area contributed by atoms with Crippen molar-refractivity contribution in [2.24, 2.45) is 0 Å². The third-order valence-corrected chi connectivity index (χ3v) is 7.03. The summed E-state index contributed by atoms with van der Waals surface area (Å²) >= 11 is 8.14. The van der Waals surface area contributed by atoms with Crippen molar-refractivity contribution in [3.63, 3.8) is 0 Å². The normalized spacial score (nSPS) is 13.2. The highest BCUT2D eigenvalue weighted by atomic mass is 35.5. The van der Waals surface area contributed by atoms with Gasteiger partial charge in [-0.2, -0.15) is 4.37 Å². The zero-order chi connectivity index (χ0) is 24.2. The van der Waals surface area contributed by atoms with Gasteiger partial charge in [-0.1, -0.05) is 22.9 Å². The molecule has 0 atom stereocenters. The Morgan fingerprint density at radius 1 is 1.38 bits per heavy atom. The number of thiazole rings is 1. The monoisotopic (exact) mass is 520 g/mol. The van der Waals surface area contributed by atoms with Gasteiger partial charge in [0.2, 0.25) is 11.8 Å². The van der Waals surface area contributed by atoms with Crippen LogP contribution in [0.15, 0.2) is 18.5 Å². The van der Waals surface area contributed by atoms with Gasteiger partial charge in [-0.25, -0.2) is 9.97 Å². The first-order valence-corrected chi connectivity index (χ1v) is 12.2. The Kier molecular flexibility index (Phi) is 7.24. The molecule has 5 N–H and O–H groups in total. The maximum Gasteiger partial charge on any atom is 0.267 e. The molecule has 14 heteroatoms. The molecule has 4 rings (SSSR count). The topological polar surface area (TPSA) is 156 Å². The standard InChI is InChI=1S/C20H21ClN8O3S2/c1-10-4-5-23-15(21)14(10)26-17(31)11-9-25-20(33-11)27-19-13(18(32)28-34-19)16(22)24-6-8-29-7-2-3-12(29)30/h4-5,9H,2-3,6-8H2,1H3,(H2,22,24)(H,25,27)(H,26,31)(H,28,32). The lowest BCUT2D eigenvalue weighted by atomic mass is 10.2. The Morgan fingerprint density at radius 2 is 2.21 bits per heavy atom. The molecule has 11 nitrogen and oxygen atoms in total. The van der Waals surface area contributed by atoms with Crippen LogP contribution in [0.1, 0.15) is 33.6 Å². The quantitative estimate of drug-likeness (QED) is 0.172. The number of amidine groups is 1. The number of halogens is 1. The number of anilines is 3. The lowest BCUT2D eigenvalue weighted by molar-refractivity contribution is -0.127. The van der Waals surface area contributed by atoms with E-state index in [0.29, 0.717) is 40.2 Å². The maximum atomic E-state index is 12.6. The van der Waals surface area contributed by atoms with Gasteiger partial charge in [-0.05, 0) is 36.5 Å². The lowest BCUT2D eigenvalue weighted by Gasteiger charge is -2.16. The van der Waals surface area contributed by atoms with Gasteiger partial charge in [-0.3, -0.25) is 15.0 Å². The highest BCUT2D eigenvalue weighted by Gasteiger charge is 2.22. The Balaban J connectivity index is 1.39. The second kappa shape index (κ2) is 10.3. The molecule has 2 amide bonds. The second-order valence-electron chi connectivity index (χ2n) is 7.40. The summed E-state index contributed by atoms with van der Waals surface area (Å²) in [4.78, 5) is 34.6. The molecule has 1 aliphatic heterocycles. The van der Waals surface area contributed by atoms with Gasteiger partial charge in [0.1, 0.15) is 21.3 Å². The molecule has 34 heavy (non-hydrogen) atoms. The highest BCUT2D eigenvalue weighted by molar-refractivity contribution is 7.18. The molecule has 4 heterocycles. The van der Waals surface area contributed by atoms with Crippen LogP contribution in [0.2, 0.25) is 5.15 Å². The fourth-order valence-corrected chi connectivity index (χ4v) is 5.05. The van der Waals surface area contributed by atoms with Crippen molar-refractivity contribution < 1.29 is 14.7 Å². The first-order chi connectivity index (χ1) is 16.3. The first kappa shape index (κ1) is 23.9. The number of likely N-dealkylation sites (tertiary alicyclic amines) is 1. The summed E-state index contributed by atoms with van der Waals surface area (Å²) in [7, 11) is 0. The fraction of sp³-hybridized carbons (Fsp3) is 0.300. The van der Waals surface area contributed by atoms with E-state index in [4.69, 9.17) is 17.0 Å². The molecule has 0 aromatic carbocycles. The number of aromatic nitrogens is 3. The average molecular weight is 521 g/mol. The van der Waals surface area contributed by atoms with Crippen molar-refractivity contribution in [1.29, 1.82) is 5.41 Å². The van der Waals surface area contributed by atoms with Gasteiger partial charge >= 0.3 is 0 Å². The van der Waals surface area contributed by atoms with Gasteiger partial charge in [0.05, 0.1) is 11.9 Å². The van der Waals surface area contributed by atoms with Crippen LogP contribution in [-0.2, 0) is 4.79 Å². The molecule has 3 aromatic heterocycles. The molecular formula is C20H21ClN8O3S2.